The fourth-order valence-electron chi connectivity index (χ4n) is 4.37. The maximum atomic E-state index is 13.6. The second-order valence-corrected chi connectivity index (χ2v) is 9.01. The summed E-state index contributed by atoms with van der Waals surface area (Å²) in [4.78, 5) is 15.0. The van der Waals surface area contributed by atoms with Gasteiger partial charge in [-0.2, -0.15) is 0 Å². The van der Waals surface area contributed by atoms with Crippen molar-refractivity contribution in [1.82, 2.24) is 4.90 Å². The molecule has 0 aliphatic carbocycles. The van der Waals surface area contributed by atoms with E-state index in [2.05, 4.69) is 34.5 Å². The third kappa shape index (κ3) is 5.06. The van der Waals surface area contributed by atoms with E-state index in [4.69, 9.17) is 14.2 Å². The van der Waals surface area contributed by atoms with Crippen LogP contribution in [0.15, 0.2) is 54.3 Å². The topological polar surface area (TPSA) is 60.0 Å². The highest BCUT2D eigenvalue weighted by Gasteiger charge is 2.38. The van der Waals surface area contributed by atoms with Crippen LogP contribution in [0.5, 0.6) is 0 Å². The van der Waals surface area contributed by atoms with Crippen molar-refractivity contribution in [2.75, 3.05) is 45.8 Å². The first-order valence-electron chi connectivity index (χ1n) is 11.4. The number of rotatable bonds is 9. The molecule has 34 heavy (non-hydrogen) atoms. The monoisotopic (exact) mass is 466 g/mol. The van der Waals surface area contributed by atoms with Crippen molar-refractivity contribution in [2.45, 2.75) is 26.0 Å². The predicted octanol–water partition coefficient (Wildman–Crippen LogP) is 4.48. The molecule has 2 aromatic carbocycles. The number of halogens is 1. The van der Waals surface area contributed by atoms with E-state index in [0.29, 0.717) is 35.8 Å². The maximum Gasteiger partial charge on any atom is 0.260 e. The molecular formula is C27H31FN2O4. The fraction of sp³-hybridized carbons (Fsp3) is 0.370. The van der Waals surface area contributed by atoms with Crippen LogP contribution in [0.1, 0.15) is 30.5 Å². The van der Waals surface area contributed by atoms with Gasteiger partial charge in [-0.15, -0.1) is 0 Å². The quantitative estimate of drug-likeness (QED) is 0.553. The Balaban J connectivity index is 1.59. The predicted molar refractivity (Wildman–Crippen MR) is 131 cm³/mol. The highest BCUT2D eigenvalue weighted by Crippen LogP contribution is 2.44. The molecule has 6 nitrogen and oxygen atoms in total. The van der Waals surface area contributed by atoms with Gasteiger partial charge in [0.15, 0.2) is 0 Å². The van der Waals surface area contributed by atoms with Crippen molar-refractivity contribution in [1.29, 1.82) is 0 Å². The van der Waals surface area contributed by atoms with E-state index < -0.39 is 11.4 Å². The van der Waals surface area contributed by atoms with Gasteiger partial charge >= 0.3 is 0 Å². The number of carbonyl (C=O) groups is 1. The number of allylic oxidation sites excluding steroid dienone is 1. The Hall–Kier alpha value is -3.00. The highest BCUT2D eigenvalue weighted by molar-refractivity contribution is 6.32. The van der Waals surface area contributed by atoms with E-state index in [-0.39, 0.29) is 5.91 Å². The zero-order chi connectivity index (χ0) is 24.3. The van der Waals surface area contributed by atoms with Crippen LogP contribution in [-0.4, -0.2) is 56.9 Å². The number of fused-ring (bicyclic) bond motifs is 1. The summed E-state index contributed by atoms with van der Waals surface area (Å²) in [5.74, 6) is -0.180. The van der Waals surface area contributed by atoms with Gasteiger partial charge in [0.05, 0.1) is 24.5 Å². The number of carbonyl (C=O) groups excluding carboxylic acids is 1. The van der Waals surface area contributed by atoms with Crippen LogP contribution in [0.3, 0.4) is 0 Å². The molecule has 180 valence electrons. The molecule has 0 saturated heterocycles. The van der Waals surface area contributed by atoms with E-state index >= 15 is 0 Å². The van der Waals surface area contributed by atoms with E-state index in [0.717, 1.165) is 30.8 Å². The molecule has 0 fully saturated rings. The van der Waals surface area contributed by atoms with Crippen molar-refractivity contribution >= 4 is 22.7 Å². The number of hydrogen-bond donors (Lipinski definition) is 1. The molecule has 1 amide bonds. The molecule has 0 spiro atoms. The first-order chi connectivity index (χ1) is 16.3. The van der Waals surface area contributed by atoms with Gasteiger partial charge in [0.2, 0.25) is 0 Å². The normalized spacial score (nSPS) is 18.6. The standard InChI is InChI=1S/C27H31FN2O4/c1-27(2)22(16-24(34-27)25-21-10-9-20(28)15-23(21)29-26(25)31)19-7-5-18(6-8-19)17-30(11-13-32-3)12-14-33-4/h5-10,15-16H,11-14,17H2,1-4H3,(H,29,31). The Labute approximate surface area is 200 Å². The number of anilines is 1. The minimum atomic E-state index is -0.615. The van der Waals surface area contributed by atoms with E-state index in [1.54, 1.807) is 20.3 Å². The van der Waals surface area contributed by atoms with Crippen LogP contribution < -0.4 is 5.32 Å². The van der Waals surface area contributed by atoms with Crippen molar-refractivity contribution in [2.24, 2.45) is 0 Å². The molecule has 2 aliphatic rings. The largest absolute Gasteiger partial charge is 0.482 e. The Morgan fingerprint density at radius 3 is 2.35 bits per heavy atom. The molecule has 0 bridgehead atoms. The lowest BCUT2D eigenvalue weighted by Crippen LogP contribution is -2.30. The number of ether oxygens (including phenoxy) is 3. The zero-order valence-corrected chi connectivity index (χ0v) is 20.1. The molecular weight excluding hydrogens is 435 g/mol. The Morgan fingerprint density at radius 2 is 1.71 bits per heavy atom. The molecule has 1 N–H and O–H groups in total. The van der Waals surface area contributed by atoms with Gasteiger partial charge in [0.1, 0.15) is 17.2 Å². The van der Waals surface area contributed by atoms with Gasteiger partial charge < -0.3 is 19.5 Å². The number of methoxy groups -OCH3 is 2. The Bertz CT molecular complexity index is 1110. The van der Waals surface area contributed by atoms with Crippen molar-refractivity contribution in [3.05, 3.63) is 76.8 Å². The molecule has 2 aliphatic heterocycles. The smallest absolute Gasteiger partial charge is 0.260 e. The second kappa shape index (κ2) is 10.1. The van der Waals surface area contributed by atoms with Gasteiger partial charge in [0.25, 0.3) is 5.91 Å². The average Bonchev–Trinajstić information content (AvgIpc) is 3.30. The number of amides is 1. The number of nitrogens with zero attached hydrogens (tertiary/aromatic N) is 1. The Kier molecular flexibility index (Phi) is 7.16. The summed E-state index contributed by atoms with van der Waals surface area (Å²) in [6.07, 6.45) is 1.92. The van der Waals surface area contributed by atoms with Gasteiger partial charge in [0, 0.05) is 45.0 Å². The number of nitrogens with one attached hydrogen (secondary N) is 1. The summed E-state index contributed by atoms with van der Waals surface area (Å²) < 4.78 is 30.3. The van der Waals surface area contributed by atoms with Crippen LogP contribution in [0.25, 0.3) is 11.1 Å². The SMILES string of the molecule is COCCN(CCOC)Cc1ccc(C2=CC(=C3C(=O)Nc4cc(F)ccc43)OC2(C)C)cc1. The minimum absolute atomic E-state index is 0.286. The first-order valence-corrected chi connectivity index (χ1v) is 11.4. The van der Waals surface area contributed by atoms with E-state index in [9.17, 15) is 9.18 Å². The molecule has 2 heterocycles. The lowest BCUT2D eigenvalue weighted by Gasteiger charge is -2.24. The third-order valence-corrected chi connectivity index (χ3v) is 6.16. The molecule has 0 radical (unpaired) electrons. The second-order valence-electron chi connectivity index (χ2n) is 9.01. The van der Waals surface area contributed by atoms with Crippen molar-refractivity contribution in [3.63, 3.8) is 0 Å². The minimum Gasteiger partial charge on any atom is -0.482 e. The fourth-order valence-corrected chi connectivity index (χ4v) is 4.37. The lowest BCUT2D eigenvalue weighted by molar-refractivity contribution is -0.111. The summed E-state index contributed by atoms with van der Waals surface area (Å²) in [5, 5.41) is 2.73. The molecule has 0 saturated carbocycles. The molecule has 7 heteroatoms. The molecule has 0 aromatic heterocycles. The lowest BCUT2D eigenvalue weighted by atomic mass is 9.91. The summed E-state index contributed by atoms with van der Waals surface area (Å²) >= 11 is 0. The molecule has 2 aromatic rings. The van der Waals surface area contributed by atoms with Crippen LogP contribution >= 0.6 is 0 Å². The summed E-state index contributed by atoms with van der Waals surface area (Å²) in [6, 6.07) is 12.7. The molecule has 4 rings (SSSR count). The summed E-state index contributed by atoms with van der Waals surface area (Å²) in [5.41, 5.74) is 4.14. The first kappa shape index (κ1) is 24.1. The average molecular weight is 467 g/mol. The van der Waals surface area contributed by atoms with Gasteiger partial charge in [-0.1, -0.05) is 24.3 Å². The van der Waals surface area contributed by atoms with E-state index in [1.165, 1.54) is 17.7 Å². The van der Waals surface area contributed by atoms with Crippen LogP contribution in [-0.2, 0) is 25.5 Å². The molecule has 0 atom stereocenters. The third-order valence-electron chi connectivity index (χ3n) is 6.16. The van der Waals surface area contributed by atoms with Gasteiger partial charge in [-0.05, 0) is 49.2 Å². The molecule has 0 unspecified atom stereocenters. The summed E-state index contributed by atoms with van der Waals surface area (Å²) in [6.45, 7) is 7.76. The van der Waals surface area contributed by atoms with Crippen molar-refractivity contribution in [3.8, 4) is 0 Å². The highest BCUT2D eigenvalue weighted by atomic mass is 19.1. The number of hydrogen-bond acceptors (Lipinski definition) is 5. The van der Waals surface area contributed by atoms with Crippen LogP contribution in [0, 0.1) is 5.82 Å². The van der Waals surface area contributed by atoms with E-state index in [1.807, 2.05) is 19.9 Å². The summed E-state index contributed by atoms with van der Waals surface area (Å²) in [7, 11) is 3.41. The maximum absolute atomic E-state index is 13.6. The van der Waals surface area contributed by atoms with Gasteiger partial charge in [-0.3, -0.25) is 9.69 Å². The van der Waals surface area contributed by atoms with Crippen molar-refractivity contribution < 1.29 is 23.4 Å². The number of benzene rings is 2. The Morgan fingerprint density at radius 1 is 1.03 bits per heavy atom. The van der Waals surface area contributed by atoms with Gasteiger partial charge in [-0.25, -0.2) is 4.39 Å². The van der Waals surface area contributed by atoms with Crippen LogP contribution in [0.4, 0.5) is 10.1 Å². The van der Waals surface area contributed by atoms with Crippen LogP contribution in [0.2, 0.25) is 0 Å². The zero-order valence-electron chi connectivity index (χ0n) is 20.1.